The maximum absolute atomic E-state index is 6.39. The number of para-hydroxylation sites is 1. The molecule has 0 radical (unpaired) electrons. The van der Waals surface area contributed by atoms with Crippen LogP contribution in [0.15, 0.2) is 115 Å². The fourth-order valence-electron chi connectivity index (χ4n) is 6.01. The minimum Gasteiger partial charge on any atom is -0.456 e. The van der Waals surface area contributed by atoms with Crippen molar-refractivity contribution in [1.29, 1.82) is 0 Å². The number of ether oxygens (including phenoxy) is 1. The summed E-state index contributed by atoms with van der Waals surface area (Å²) in [6.07, 6.45) is 7.31. The van der Waals surface area contributed by atoms with E-state index in [4.69, 9.17) is 10.5 Å². The summed E-state index contributed by atoms with van der Waals surface area (Å²) >= 11 is 0. The Kier molecular flexibility index (Phi) is 5.44. The van der Waals surface area contributed by atoms with Crippen LogP contribution in [-0.2, 0) is 0 Å². The van der Waals surface area contributed by atoms with Gasteiger partial charge in [-0.2, -0.15) is 0 Å². The van der Waals surface area contributed by atoms with Crippen molar-refractivity contribution in [2.75, 3.05) is 11.4 Å². The summed E-state index contributed by atoms with van der Waals surface area (Å²) in [5.74, 6) is 1.84. The van der Waals surface area contributed by atoms with E-state index in [9.17, 15) is 0 Å². The summed E-state index contributed by atoms with van der Waals surface area (Å²) in [5, 5.41) is 4.86. The van der Waals surface area contributed by atoms with Gasteiger partial charge in [-0.1, -0.05) is 73.7 Å². The second kappa shape index (κ2) is 9.11. The highest BCUT2D eigenvalue weighted by Crippen LogP contribution is 2.48. The van der Waals surface area contributed by atoms with Gasteiger partial charge in [0, 0.05) is 28.9 Å². The lowest BCUT2D eigenvalue weighted by molar-refractivity contribution is 0.487. The Morgan fingerprint density at radius 1 is 0.789 bits per heavy atom. The van der Waals surface area contributed by atoms with Crippen molar-refractivity contribution in [3.05, 3.63) is 115 Å². The third kappa shape index (κ3) is 3.66. The first-order valence-electron chi connectivity index (χ1n) is 13.5. The van der Waals surface area contributed by atoms with Crippen LogP contribution in [0.3, 0.4) is 0 Å². The quantitative estimate of drug-likeness (QED) is 0.260. The van der Waals surface area contributed by atoms with Gasteiger partial charge >= 0.3 is 0 Å². The van der Waals surface area contributed by atoms with Crippen LogP contribution in [0.4, 0.5) is 5.69 Å². The van der Waals surface area contributed by atoms with Gasteiger partial charge in [0.1, 0.15) is 11.5 Å². The summed E-state index contributed by atoms with van der Waals surface area (Å²) in [6, 6.07) is 32.7. The van der Waals surface area contributed by atoms with Crippen molar-refractivity contribution in [3.63, 3.8) is 0 Å². The van der Waals surface area contributed by atoms with Crippen molar-refractivity contribution in [1.82, 2.24) is 0 Å². The van der Waals surface area contributed by atoms with Crippen molar-refractivity contribution >= 4 is 27.2 Å². The summed E-state index contributed by atoms with van der Waals surface area (Å²) in [4.78, 5) is 2.40. The predicted octanol–water partition coefficient (Wildman–Crippen LogP) is 9.17. The first kappa shape index (κ1) is 22.7. The molecule has 0 bridgehead atoms. The summed E-state index contributed by atoms with van der Waals surface area (Å²) in [7, 11) is 0. The third-order valence-corrected chi connectivity index (χ3v) is 7.80. The van der Waals surface area contributed by atoms with Crippen molar-refractivity contribution in [3.8, 4) is 33.8 Å². The van der Waals surface area contributed by atoms with Crippen molar-refractivity contribution in [2.45, 2.75) is 26.2 Å². The Labute approximate surface area is 223 Å². The molecule has 3 heteroatoms. The summed E-state index contributed by atoms with van der Waals surface area (Å²) < 4.78 is 6.30. The van der Waals surface area contributed by atoms with Gasteiger partial charge in [0.2, 0.25) is 0 Å². The van der Waals surface area contributed by atoms with E-state index in [0.717, 1.165) is 48.6 Å². The van der Waals surface area contributed by atoms with E-state index in [0.29, 0.717) is 0 Å². The fourth-order valence-corrected chi connectivity index (χ4v) is 6.01. The molecule has 186 valence electrons. The Morgan fingerprint density at radius 2 is 1.63 bits per heavy atom. The number of rotatable bonds is 5. The molecule has 0 amide bonds. The molecule has 7 rings (SSSR count). The van der Waals surface area contributed by atoms with E-state index in [1.54, 1.807) is 0 Å². The smallest absolute Gasteiger partial charge is 0.135 e. The molecule has 2 aliphatic rings. The zero-order valence-corrected chi connectivity index (χ0v) is 21.6. The number of nitrogens with two attached hydrogens (primary N) is 1. The molecule has 1 heterocycles. The van der Waals surface area contributed by atoms with Gasteiger partial charge in [-0.3, -0.25) is 0 Å². The molecule has 38 heavy (non-hydrogen) atoms. The molecule has 0 aromatic heterocycles. The Balaban J connectivity index is 1.32. The number of hydrogen-bond donors (Lipinski definition) is 1. The summed E-state index contributed by atoms with van der Waals surface area (Å²) in [6.45, 7) is 3.18. The lowest BCUT2D eigenvalue weighted by atomic mass is 9.90. The molecular weight excluding hydrogens is 464 g/mol. The van der Waals surface area contributed by atoms with Crippen molar-refractivity contribution < 1.29 is 4.74 Å². The van der Waals surface area contributed by atoms with Crippen LogP contribution in [0.25, 0.3) is 43.8 Å². The second-order valence-electron chi connectivity index (χ2n) is 10.2. The maximum Gasteiger partial charge on any atom is 0.135 e. The van der Waals surface area contributed by atoms with Crippen LogP contribution in [0, 0.1) is 0 Å². The third-order valence-electron chi connectivity index (χ3n) is 7.80. The van der Waals surface area contributed by atoms with Crippen LogP contribution in [0.2, 0.25) is 0 Å². The average Bonchev–Trinajstić information content (AvgIpc) is 2.96. The zero-order chi connectivity index (χ0) is 25.6. The van der Waals surface area contributed by atoms with Crippen LogP contribution < -0.4 is 15.4 Å². The first-order chi connectivity index (χ1) is 18.7. The molecular formula is C35H30N2O. The molecule has 0 saturated carbocycles. The number of fused-ring (bicyclic) bond motifs is 3. The lowest BCUT2D eigenvalue weighted by Gasteiger charge is -2.30. The van der Waals surface area contributed by atoms with Crippen LogP contribution in [-0.4, -0.2) is 6.54 Å². The minimum atomic E-state index is 0.884. The standard InChI is InChI=1S/C35H30N2O/c1-2-20-37(32-12-5-4-11-31(32)36)26-17-16-23-21-25(15-14-24(23)22-26)27-18-19-34-35-29(27)9-7-10-30(35)28-8-3-6-13-33(28)38-34/h3-4,6-11,13-19,21-22H,2,5,12,20,36H2,1H3. The minimum absolute atomic E-state index is 0.884. The van der Waals surface area contributed by atoms with E-state index < -0.39 is 0 Å². The summed E-state index contributed by atoms with van der Waals surface area (Å²) in [5.41, 5.74) is 14.5. The van der Waals surface area contributed by atoms with Gasteiger partial charge in [-0.05, 0) is 88.5 Å². The molecule has 2 N–H and O–H groups in total. The molecule has 5 aromatic rings. The molecule has 0 unspecified atom stereocenters. The van der Waals surface area contributed by atoms with Gasteiger partial charge in [0.15, 0.2) is 0 Å². The number of allylic oxidation sites excluding steroid dienone is 3. The highest BCUT2D eigenvalue weighted by atomic mass is 16.5. The predicted molar refractivity (Wildman–Crippen MR) is 160 cm³/mol. The van der Waals surface area contributed by atoms with Crippen molar-refractivity contribution in [2.24, 2.45) is 5.73 Å². The van der Waals surface area contributed by atoms with E-state index in [2.05, 4.69) is 103 Å². The lowest BCUT2D eigenvalue weighted by Crippen LogP contribution is -2.27. The van der Waals surface area contributed by atoms with E-state index in [1.807, 2.05) is 12.1 Å². The first-order valence-corrected chi connectivity index (χ1v) is 13.5. The Hall–Kier alpha value is -4.50. The topological polar surface area (TPSA) is 38.5 Å². The number of hydrogen-bond acceptors (Lipinski definition) is 3. The van der Waals surface area contributed by atoms with Gasteiger partial charge < -0.3 is 15.4 Å². The van der Waals surface area contributed by atoms with E-state index >= 15 is 0 Å². The highest BCUT2D eigenvalue weighted by Gasteiger charge is 2.21. The Bertz CT molecular complexity index is 1780. The average molecular weight is 495 g/mol. The molecule has 5 aromatic carbocycles. The normalized spacial score (nSPS) is 14.0. The van der Waals surface area contributed by atoms with E-state index in [1.165, 1.54) is 49.6 Å². The van der Waals surface area contributed by atoms with Gasteiger partial charge in [0.25, 0.3) is 0 Å². The largest absolute Gasteiger partial charge is 0.456 e. The van der Waals surface area contributed by atoms with Crippen LogP contribution in [0.5, 0.6) is 11.5 Å². The van der Waals surface area contributed by atoms with Crippen LogP contribution >= 0.6 is 0 Å². The molecule has 1 aliphatic carbocycles. The number of nitrogens with zero attached hydrogens (tertiary/aromatic N) is 1. The monoisotopic (exact) mass is 494 g/mol. The molecule has 0 spiro atoms. The zero-order valence-electron chi connectivity index (χ0n) is 21.6. The van der Waals surface area contributed by atoms with Gasteiger partial charge in [-0.25, -0.2) is 0 Å². The number of anilines is 1. The Morgan fingerprint density at radius 3 is 2.53 bits per heavy atom. The fraction of sp³-hybridized carbons (Fsp3) is 0.143. The highest BCUT2D eigenvalue weighted by molar-refractivity contribution is 6.10. The van der Waals surface area contributed by atoms with Gasteiger partial charge in [0.05, 0.1) is 5.70 Å². The molecule has 0 saturated heterocycles. The maximum atomic E-state index is 6.39. The number of benzene rings is 5. The molecule has 3 nitrogen and oxygen atoms in total. The molecule has 0 fully saturated rings. The van der Waals surface area contributed by atoms with Gasteiger partial charge in [-0.15, -0.1) is 0 Å². The van der Waals surface area contributed by atoms with Crippen LogP contribution in [0.1, 0.15) is 26.2 Å². The second-order valence-corrected chi connectivity index (χ2v) is 10.2. The van der Waals surface area contributed by atoms with E-state index in [-0.39, 0.29) is 0 Å². The SMILES string of the molecule is CCCN(C1=C(N)C=CCC1)c1ccc2cc(-c3ccc4c5c(cccc35)-c3ccccc3O4)ccc2c1. The molecule has 0 atom stereocenters. The molecule has 1 aliphatic heterocycles.